The molecule has 2 rings (SSSR count). The van der Waals surface area contributed by atoms with Crippen LogP contribution in [0.15, 0.2) is 5.38 Å². The smallest absolute Gasteiger partial charge is 0.275 e. The summed E-state index contributed by atoms with van der Waals surface area (Å²) in [5.74, 6) is 0.485. The summed E-state index contributed by atoms with van der Waals surface area (Å²) in [4.78, 5) is 13.8. The third-order valence-corrected chi connectivity index (χ3v) is 3.40. The fraction of sp³-hybridized carbons (Fsp3) is 0.700. The van der Waals surface area contributed by atoms with Crippen LogP contribution in [0.1, 0.15) is 23.3 Å². The lowest BCUT2D eigenvalue weighted by Gasteiger charge is -2.31. The van der Waals surface area contributed by atoms with Gasteiger partial charge in [0.1, 0.15) is 0 Å². The van der Waals surface area contributed by atoms with E-state index in [2.05, 4.69) is 9.59 Å². The predicted octanol–water partition coefficient (Wildman–Crippen LogP) is 1.40. The van der Waals surface area contributed by atoms with Crippen molar-refractivity contribution >= 4 is 29.0 Å². The van der Waals surface area contributed by atoms with Crippen molar-refractivity contribution in [3.63, 3.8) is 0 Å². The van der Waals surface area contributed by atoms with Gasteiger partial charge in [0, 0.05) is 24.3 Å². The molecule has 0 aliphatic carbocycles. The highest BCUT2D eigenvalue weighted by molar-refractivity contribution is 7.03. The van der Waals surface area contributed by atoms with Gasteiger partial charge in [-0.2, -0.15) is 0 Å². The fourth-order valence-corrected chi connectivity index (χ4v) is 2.38. The molecule has 7 heteroatoms. The number of piperidine rings is 1. The number of likely N-dealkylation sites (tertiary alicyclic amines) is 1. The van der Waals surface area contributed by atoms with Crippen molar-refractivity contribution in [3.05, 3.63) is 11.1 Å². The largest absolute Gasteiger partial charge is 0.377 e. The molecule has 94 valence electrons. The Bertz CT molecular complexity index is 352. The van der Waals surface area contributed by atoms with Crippen molar-refractivity contribution < 1.29 is 9.53 Å². The SMILES string of the molecule is O=C(c1csnn1)N1CCC(OCCCl)CC1. The lowest BCUT2D eigenvalue weighted by atomic mass is 10.1. The number of amides is 1. The molecule has 1 aliphatic heterocycles. The van der Waals surface area contributed by atoms with Crippen molar-refractivity contribution in [2.75, 3.05) is 25.6 Å². The van der Waals surface area contributed by atoms with Gasteiger partial charge in [-0.15, -0.1) is 16.7 Å². The number of halogens is 1. The molecule has 0 unspecified atom stereocenters. The Kier molecular flexibility index (Phi) is 4.70. The Morgan fingerprint density at radius 1 is 1.59 bits per heavy atom. The van der Waals surface area contributed by atoms with Crippen LogP contribution < -0.4 is 0 Å². The molecule has 0 atom stereocenters. The van der Waals surface area contributed by atoms with E-state index in [0.29, 0.717) is 31.3 Å². The molecule has 2 heterocycles. The number of carbonyl (C=O) groups excluding carboxylic acids is 1. The minimum absolute atomic E-state index is 0.0328. The van der Waals surface area contributed by atoms with E-state index in [4.69, 9.17) is 16.3 Å². The second-order valence-electron chi connectivity index (χ2n) is 3.84. The van der Waals surface area contributed by atoms with E-state index >= 15 is 0 Å². The lowest BCUT2D eigenvalue weighted by Crippen LogP contribution is -2.41. The van der Waals surface area contributed by atoms with Crippen molar-refractivity contribution in [2.45, 2.75) is 18.9 Å². The number of rotatable bonds is 4. The number of hydrogen-bond donors (Lipinski definition) is 0. The second-order valence-corrected chi connectivity index (χ2v) is 4.83. The van der Waals surface area contributed by atoms with E-state index in [1.807, 2.05) is 0 Å². The normalized spacial score (nSPS) is 17.4. The number of ether oxygens (including phenoxy) is 1. The van der Waals surface area contributed by atoms with E-state index < -0.39 is 0 Å². The van der Waals surface area contributed by atoms with Crippen molar-refractivity contribution in [3.8, 4) is 0 Å². The first-order chi connectivity index (χ1) is 8.31. The molecule has 17 heavy (non-hydrogen) atoms. The number of nitrogens with zero attached hydrogens (tertiary/aromatic N) is 3. The third kappa shape index (κ3) is 3.37. The van der Waals surface area contributed by atoms with E-state index in [1.54, 1.807) is 10.3 Å². The predicted molar refractivity (Wildman–Crippen MR) is 65.5 cm³/mol. The number of carbonyl (C=O) groups is 1. The van der Waals surface area contributed by atoms with Gasteiger partial charge in [-0.25, -0.2) is 0 Å². The molecule has 1 aromatic heterocycles. The van der Waals surface area contributed by atoms with Gasteiger partial charge in [-0.05, 0) is 24.4 Å². The first kappa shape index (κ1) is 12.7. The van der Waals surface area contributed by atoms with Gasteiger partial charge >= 0.3 is 0 Å². The summed E-state index contributed by atoms with van der Waals surface area (Å²) in [5.41, 5.74) is 0.440. The zero-order chi connectivity index (χ0) is 12.1. The van der Waals surface area contributed by atoms with E-state index in [9.17, 15) is 4.79 Å². The second kappa shape index (κ2) is 6.28. The minimum atomic E-state index is -0.0328. The lowest BCUT2D eigenvalue weighted by molar-refractivity contribution is 0.0152. The maximum atomic E-state index is 11.9. The maximum absolute atomic E-state index is 11.9. The zero-order valence-corrected chi connectivity index (χ0v) is 10.9. The van der Waals surface area contributed by atoms with Gasteiger partial charge in [0.25, 0.3) is 5.91 Å². The summed E-state index contributed by atoms with van der Waals surface area (Å²) >= 11 is 6.76. The minimum Gasteiger partial charge on any atom is -0.377 e. The molecule has 1 fully saturated rings. The van der Waals surface area contributed by atoms with E-state index in [-0.39, 0.29) is 12.0 Å². The Morgan fingerprint density at radius 2 is 2.35 bits per heavy atom. The molecular formula is C10H14ClN3O2S. The van der Waals surface area contributed by atoms with Crippen LogP contribution >= 0.6 is 23.1 Å². The standard InChI is InChI=1S/C10H14ClN3O2S/c11-3-6-16-8-1-4-14(5-2-8)10(15)9-7-17-13-12-9/h7-8H,1-6H2. The van der Waals surface area contributed by atoms with Crippen LogP contribution in [0, 0.1) is 0 Å². The third-order valence-electron chi connectivity index (χ3n) is 2.74. The van der Waals surface area contributed by atoms with Crippen LogP contribution in [0.4, 0.5) is 0 Å². The Balaban J connectivity index is 1.81. The Morgan fingerprint density at radius 3 is 2.94 bits per heavy atom. The van der Waals surface area contributed by atoms with Crippen molar-refractivity contribution in [1.29, 1.82) is 0 Å². The van der Waals surface area contributed by atoms with Gasteiger partial charge in [0.15, 0.2) is 5.69 Å². The summed E-state index contributed by atoms with van der Waals surface area (Å²) in [7, 11) is 0. The molecule has 1 aliphatic rings. The summed E-state index contributed by atoms with van der Waals surface area (Å²) in [6.45, 7) is 2.00. The van der Waals surface area contributed by atoms with Crippen molar-refractivity contribution in [1.82, 2.24) is 14.5 Å². The summed E-state index contributed by atoms with van der Waals surface area (Å²) in [6.07, 6.45) is 1.95. The summed E-state index contributed by atoms with van der Waals surface area (Å²) in [6, 6.07) is 0. The molecular weight excluding hydrogens is 262 g/mol. The summed E-state index contributed by atoms with van der Waals surface area (Å²) < 4.78 is 9.25. The van der Waals surface area contributed by atoms with Crippen molar-refractivity contribution in [2.24, 2.45) is 0 Å². The van der Waals surface area contributed by atoms with Gasteiger partial charge < -0.3 is 9.64 Å². The van der Waals surface area contributed by atoms with Gasteiger partial charge in [0.2, 0.25) is 0 Å². The molecule has 0 bridgehead atoms. The van der Waals surface area contributed by atoms with Crippen LogP contribution in [0.25, 0.3) is 0 Å². The first-order valence-electron chi connectivity index (χ1n) is 5.55. The van der Waals surface area contributed by atoms with E-state index in [1.165, 1.54) is 11.5 Å². The molecule has 1 aromatic rings. The molecule has 5 nitrogen and oxygen atoms in total. The topological polar surface area (TPSA) is 55.3 Å². The van der Waals surface area contributed by atoms with Crippen LogP contribution in [0.3, 0.4) is 0 Å². The average molecular weight is 276 g/mol. The molecule has 1 amide bonds. The number of aromatic nitrogens is 2. The molecule has 0 N–H and O–H groups in total. The maximum Gasteiger partial charge on any atom is 0.275 e. The molecule has 1 saturated heterocycles. The summed E-state index contributed by atoms with van der Waals surface area (Å²) in [5, 5.41) is 5.47. The molecule has 0 aromatic carbocycles. The zero-order valence-electron chi connectivity index (χ0n) is 9.34. The molecule has 0 spiro atoms. The van der Waals surface area contributed by atoms with Gasteiger partial charge in [-0.1, -0.05) is 4.49 Å². The molecule has 0 radical (unpaired) electrons. The van der Waals surface area contributed by atoms with Gasteiger partial charge in [0.05, 0.1) is 12.7 Å². The quantitative estimate of drug-likeness (QED) is 0.780. The highest BCUT2D eigenvalue weighted by atomic mass is 35.5. The highest BCUT2D eigenvalue weighted by Gasteiger charge is 2.25. The van der Waals surface area contributed by atoms with E-state index in [0.717, 1.165) is 12.8 Å². The number of alkyl halides is 1. The van der Waals surface area contributed by atoms with Crippen LogP contribution in [0.2, 0.25) is 0 Å². The monoisotopic (exact) mass is 275 g/mol. The fourth-order valence-electron chi connectivity index (χ4n) is 1.86. The van der Waals surface area contributed by atoms with Crippen LogP contribution in [0.5, 0.6) is 0 Å². The molecule has 0 saturated carbocycles. The Labute approximate surface area is 109 Å². The highest BCUT2D eigenvalue weighted by Crippen LogP contribution is 2.16. The first-order valence-corrected chi connectivity index (χ1v) is 6.92. The average Bonchev–Trinajstić information content (AvgIpc) is 2.90. The van der Waals surface area contributed by atoms with Gasteiger partial charge in [-0.3, -0.25) is 4.79 Å². The van der Waals surface area contributed by atoms with Crippen LogP contribution in [-0.2, 0) is 4.74 Å². The Hall–Kier alpha value is -0.720. The van der Waals surface area contributed by atoms with Crippen LogP contribution in [-0.4, -0.2) is 52.1 Å². The number of hydrogen-bond acceptors (Lipinski definition) is 5.